The van der Waals surface area contributed by atoms with Crippen LogP contribution < -0.4 is 4.74 Å². The minimum absolute atomic E-state index is 0.111. The van der Waals surface area contributed by atoms with Crippen LogP contribution in [0.3, 0.4) is 0 Å². The fraction of sp³-hybridized carbons (Fsp3) is 0.250. The molecule has 1 aromatic carbocycles. The van der Waals surface area contributed by atoms with Crippen molar-refractivity contribution in [1.82, 2.24) is 0 Å². The first-order valence-electron chi connectivity index (χ1n) is 4.74. The number of methoxy groups -OCH3 is 1. The molecule has 78 valence electrons. The first-order chi connectivity index (χ1) is 7.20. The van der Waals surface area contributed by atoms with Gasteiger partial charge in [0.15, 0.2) is 5.78 Å². The molecule has 0 spiro atoms. The van der Waals surface area contributed by atoms with Crippen LogP contribution in [-0.4, -0.2) is 18.3 Å². The molecule has 0 aliphatic heterocycles. The molecule has 0 fully saturated rings. The lowest BCUT2D eigenvalue weighted by Gasteiger charge is -2.02. The van der Waals surface area contributed by atoms with E-state index in [1.54, 1.807) is 7.11 Å². The van der Waals surface area contributed by atoms with E-state index in [1.807, 2.05) is 30.3 Å². The molecule has 0 N–H and O–H groups in total. The van der Waals surface area contributed by atoms with Crippen molar-refractivity contribution >= 4 is 23.0 Å². The number of alkyl halides is 1. The van der Waals surface area contributed by atoms with Crippen molar-refractivity contribution in [3.05, 3.63) is 35.9 Å². The number of carbonyl (C=O) groups excluding carboxylic acids is 1. The van der Waals surface area contributed by atoms with Crippen molar-refractivity contribution in [3.8, 4) is 5.75 Å². The predicted molar refractivity (Wildman–Crippen MR) is 60.2 cm³/mol. The summed E-state index contributed by atoms with van der Waals surface area (Å²) in [7, 11) is 1.61. The van der Waals surface area contributed by atoms with Gasteiger partial charge in [-0.05, 0) is 17.7 Å². The predicted octanol–water partition coefficient (Wildman–Crippen LogP) is 2.66. The minimum Gasteiger partial charge on any atom is -0.497 e. The van der Waals surface area contributed by atoms with Crippen LogP contribution in [0.2, 0.25) is 0 Å². The van der Waals surface area contributed by atoms with Gasteiger partial charge in [0.1, 0.15) is 5.75 Å². The summed E-state index contributed by atoms with van der Waals surface area (Å²) in [6, 6.07) is 7.42. The van der Waals surface area contributed by atoms with E-state index >= 15 is 0 Å². The van der Waals surface area contributed by atoms with Crippen LogP contribution in [0.4, 0.5) is 0 Å². The Morgan fingerprint density at radius 2 is 2.00 bits per heavy atom. The van der Waals surface area contributed by atoms with Crippen molar-refractivity contribution < 1.29 is 9.53 Å². The van der Waals surface area contributed by atoms with Gasteiger partial charge in [-0.2, -0.15) is 0 Å². The lowest BCUT2D eigenvalue weighted by molar-refractivity contribution is -0.113. The summed E-state index contributed by atoms with van der Waals surface area (Å²) in [5.41, 5.74) is 1.63. The number of carbonyl (C=O) groups is 1. The van der Waals surface area contributed by atoms with Crippen molar-refractivity contribution in [1.29, 1.82) is 0 Å². The molecule has 0 saturated heterocycles. The Bertz CT molecular complexity index is 406. The van der Waals surface area contributed by atoms with Gasteiger partial charge in [-0.15, -0.1) is 11.6 Å². The number of ether oxygens (including phenoxy) is 1. The van der Waals surface area contributed by atoms with Gasteiger partial charge >= 0.3 is 0 Å². The van der Waals surface area contributed by atoms with Crippen LogP contribution in [0.1, 0.15) is 12.0 Å². The fourth-order valence-corrected chi connectivity index (χ4v) is 1.91. The molecular weight excluding hydrogens is 212 g/mol. The summed E-state index contributed by atoms with van der Waals surface area (Å²) >= 11 is 5.89. The number of rotatable bonds is 2. The maximum Gasteiger partial charge on any atom is 0.165 e. The van der Waals surface area contributed by atoms with Crippen LogP contribution in [0, 0.1) is 0 Å². The lowest BCUT2D eigenvalue weighted by Crippen LogP contribution is -1.97. The molecular formula is C12H11ClO2. The first-order valence-corrected chi connectivity index (χ1v) is 5.18. The quantitative estimate of drug-likeness (QED) is 0.720. The van der Waals surface area contributed by atoms with E-state index in [9.17, 15) is 4.79 Å². The molecule has 1 unspecified atom stereocenters. The molecule has 0 bridgehead atoms. The van der Waals surface area contributed by atoms with Gasteiger partial charge in [0.2, 0.25) is 0 Å². The summed E-state index contributed by atoms with van der Waals surface area (Å²) in [6.07, 6.45) is 2.22. The van der Waals surface area contributed by atoms with Gasteiger partial charge in [0.05, 0.1) is 12.5 Å². The second kappa shape index (κ2) is 4.07. The van der Waals surface area contributed by atoms with E-state index < -0.39 is 0 Å². The molecule has 0 heterocycles. The maximum absolute atomic E-state index is 11.6. The van der Waals surface area contributed by atoms with Gasteiger partial charge in [-0.25, -0.2) is 0 Å². The molecule has 2 rings (SSSR count). The van der Waals surface area contributed by atoms with E-state index in [0.717, 1.165) is 16.9 Å². The number of hydrogen-bond donors (Lipinski definition) is 0. The average Bonchev–Trinajstić information content (AvgIpc) is 2.58. The molecule has 0 aromatic heterocycles. The second-order valence-corrected chi connectivity index (χ2v) is 4.01. The highest BCUT2D eigenvalue weighted by Crippen LogP contribution is 2.28. The largest absolute Gasteiger partial charge is 0.497 e. The molecule has 1 aliphatic carbocycles. The number of halogens is 1. The monoisotopic (exact) mass is 222 g/mol. The highest BCUT2D eigenvalue weighted by Gasteiger charge is 2.23. The van der Waals surface area contributed by atoms with Gasteiger partial charge in [0.25, 0.3) is 0 Å². The Morgan fingerprint density at radius 3 is 2.47 bits per heavy atom. The number of benzene rings is 1. The van der Waals surface area contributed by atoms with Crippen LogP contribution in [0.5, 0.6) is 5.75 Å². The highest BCUT2D eigenvalue weighted by atomic mass is 35.5. The van der Waals surface area contributed by atoms with Crippen molar-refractivity contribution in [2.24, 2.45) is 0 Å². The van der Waals surface area contributed by atoms with Crippen LogP contribution >= 0.6 is 11.6 Å². The zero-order valence-corrected chi connectivity index (χ0v) is 9.12. The molecule has 1 atom stereocenters. The minimum atomic E-state index is -0.158. The lowest BCUT2D eigenvalue weighted by atomic mass is 10.0. The van der Waals surface area contributed by atoms with Gasteiger partial charge < -0.3 is 4.74 Å². The molecule has 0 radical (unpaired) electrons. The Balaban J connectivity index is 2.30. The SMILES string of the molecule is COc1ccc(C2=CC(Cl)CC2=O)cc1. The number of ketones is 1. The topological polar surface area (TPSA) is 26.3 Å². The van der Waals surface area contributed by atoms with Crippen LogP contribution in [0.15, 0.2) is 30.3 Å². The van der Waals surface area contributed by atoms with Gasteiger partial charge in [-0.1, -0.05) is 18.2 Å². The van der Waals surface area contributed by atoms with Gasteiger partial charge in [-0.3, -0.25) is 4.79 Å². The van der Waals surface area contributed by atoms with E-state index in [4.69, 9.17) is 16.3 Å². The molecule has 3 heteroatoms. The summed E-state index contributed by atoms with van der Waals surface area (Å²) < 4.78 is 5.05. The third-order valence-electron chi connectivity index (χ3n) is 2.43. The Labute approximate surface area is 93.5 Å². The van der Waals surface area contributed by atoms with Crippen molar-refractivity contribution in [2.75, 3.05) is 7.11 Å². The zero-order chi connectivity index (χ0) is 10.8. The highest BCUT2D eigenvalue weighted by molar-refractivity contribution is 6.32. The smallest absolute Gasteiger partial charge is 0.165 e. The van der Waals surface area contributed by atoms with Gasteiger partial charge in [0, 0.05) is 12.0 Å². The van der Waals surface area contributed by atoms with Crippen molar-refractivity contribution in [3.63, 3.8) is 0 Å². The third kappa shape index (κ3) is 2.05. The molecule has 0 saturated carbocycles. The first kappa shape index (κ1) is 10.2. The molecule has 0 amide bonds. The molecule has 1 aromatic rings. The average molecular weight is 223 g/mol. The zero-order valence-electron chi connectivity index (χ0n) is 8.37. The van der Waals surface area contributed by atoms with E-state index in [1.165, 1.54) is 0 Å². The summed E-state index contributed by atoms with van der Waals surface area (Å²) in [5, 5.41) is -0.158. The number of Topliss-reactive ketones (excluding diaryl/α,β-unsaturated/α-hetero) is 1. The normalized spacial score (nSPS) is 20.3. The fourth-order valence-electron chi connectivity index (χ4n) is 1.65. The summed E-state index contributed by atoms with van der Waals surface area (Å²) in [6.45, 7) is 0. The molecule has 2 nitrogen and oxygen atoms in total. The molecule has 1 aliphatic rings. The van der Waals surface area contributed by atoms with Crippen LogP contribution in [0.25, 0.3) is 5.57 Å². The number of hydrogen-bond acceptors (Lipinski definition) is 2. The Morgan fingerprint density at radius 1 is 1.33 bits per heavy atom. The van der Waals surface area contributed by atoms with Crippen LogP contribution in [-0.2, 0) is 4.79 Å². The van der Waals surface area contributed by atoms with E-state index in [2.05, 4.69) is 0 Å². The maximum atomic E-state index is 11.6. The third-order valence-corrected chi connectivity index (χ3v) is 2.71. The Kier molecular flexibility index (Phi) is 2.78. The van der Waals surface area contributed by atoms with E-state index in [-0.39, 0.29) is 11.2 Å². The standard InChI is InChI=1S/C12H11ClO2/c1-15-10-4-2-8(3-5-10)11-6-9(13)7-12(11)14/h2-6,9H,7H2,1H3. The van der Waals surface area contributed by atoms with E-state index in [0.29, 0.717) is 6.42 Å². The number of allylic oxidation sites excluding steroid dienone is 2. The summed E-state index contributed by atoms with van der Waals surface area (Å²) in [4.78, 5) is 11.6. The Hall–Kier alpha value is -1.28. The second-order valence-electron chi connectivity index (χ2n) is 3.45. The van der Waals surface area contributed by atoms with Crippen molar-refractivity contribution in [2.45, 2.75) is 11.8 Å². The molecule has 15 heavy (non-hydrogen) atoms. The summed E-state index contributed by atoms with van der Waals surface area (Å²) in [5.74, 6) is 0.896.